The highest BCUT2D eigenvalue weighted by Gasteiger charge is 2.44. The molecule has 0 unspecified atom stereocenters. The van der Waals surface area contributed by atoms with E-state index in [4.69, 9.17) is 4.74 Å². The molecular formula is C16H15F4N3O3S. The summed E-state index contributed by atoms with van der Waals surface area (Å²) in [6, 6.07) is 5.37. The summed E-state index contributed by atoms with van der Waals surface area (Å²) in [4.78, 5) is 15.5. The quantitative estimate of drug-likeness (QED) is 0.296. The molecule has 1 N–H and O–H groups in total. The SMILES string of the molecule is CCOC(=O)Cc1csc(NN=Cc2ccccc2OC(F)(F)C(F)F)n1. The van der Waals surface area contributed by atoms with Crippen LogP contribution < -0.4 is 10.2 Å². The number of nitrogens with zero attached hydrogens (tertiary/aromatic N) is 2. The van der Waals surface area contributed by atoms with Gasteiger partial charge >= 0.3 is 18.5 Å². The van der Waals surface area contributed by atoms with Crippen LogP contribution in [0.1, 0.15) is 18.2 Å². The molecule has 27 heavy (non-hydrogen) atoms. The van der Waals surface area contributed by atoms with Crippen LogP contribution in [0.15, 0.2) is 34.7 Å². The first-order valence-electron chi connectivity index (χ1n) is 7.65. The van der Waals surface area contributed by atoms with Crippen molar-refractivity contribution >= 4 is 28.7 Å². The molecule has 146 valence electrons. The van der Waals surface area contributed by atoms with Crippen molar-refractivity contribution in [2.75, 3.05) is 12.0 Å². The van der Waals surface area contributed by atoms with Gasteiger partial charge in [-0.15, -0.1) is 11.3 Å². The summed E-state index contributed by atoms with van der Waals surface area (Å²) in [5.41, 5.74) is 3.11. The molecule has 0 saturated heterocycles. The summed E-state index contributed by atoms with van der Waals surface area (Å²) >= 11 is 1.17. The molecule has 0 spiro atoms. The monoisotopic (exact) mass is 405 g/mol. The van der Waals surface area contributed by atoms with Crippen molar-refractivity contribution < 1.29 is 31.8 Å². The fourth-order valence-corrected chi connectivity index (χ4v) is 2.49. The van der Waals surface area contributed by atoms with Crippen LogP contribution in [0.25, 0.3) is 0 Å². The molecule has 0 aliphatic heterocycles. The lowest BCUT2D eigenvalue weighted by Crippen LogP contribution is -2.33. The first kappa shape index (κ1) is 20.6. The van der Waals surface area contributed by atoms with Crippen LogP contribution in [-0.4, -0.2) is 36.3 Å². The van der Waals surface area contributed by atoms with Crippen LogP contribution in [0.2, 0.25) is 0 Å². The Kier molecular flexibility index (Phi) is 7.11. The van der Waals surface area contributed by atoms with E-state index >= 15 is 0 Å². The highest BCUT2D eigenvalue weighted by molar-refractivity contribution is 7.13. The van der Waals surface area contributed by atoms with Gasteiger partial charge in [0, 0.05) is 10.9 Å². The van der Waals surface area contributed by atoms with Crippen molar-refractivity contribution in [3.63, 3.8) is 0 Å². The molecule has 6 nitrogen and oxygen atoms in total. The zero-order valence-corrected chi connectivity index (χ0v) is 14.8. The Labute approximate surface area is 155 Å². The van der Waals surface area contributed by atoms with Gasteiger partial charge in [-0.1, -0.05) is 12.1 Å². The van der Waals surface area contributed by atoms with E-state index < -0.39 is 24.3 Å². The molecule has 0 aliphatic rings. The van der Waals surface area contributed by atoms with E-state index in [1.807, 2.05) is 0 Å². The minimum absolute atomic E-state index is 0.00905. The number of aromatic nitrogens is 1. The van der Waals surface area contributed by atoms with E-state index in [0.717, 1.165) is 12.3 Å². The van der Waals surface area contributed by atoms with E-state index in [1.54, 1.807) is 12.3 Å². The van der Waals surface area contributed by atoms with Gasteiger partial charge in [0.05, 0.1) is 24.9 Å². The summed E-state index contributed by atoms with van der Waals surface area (Å²) in [5.74, 6) is -0.862. The van der Waals surface area contributed by atoms with E-state index in [9.17, 15) is 22.4 Å². The zero-order valence-electron chi connectivity index (χ0n) is 14.0. The number of esters is 1. The Morgan fingerprint density at radius 2 is 2.15 bits per heavy atom. The predicted molar refractivity (Wildman–Crippen MR) is 91.7 cm³/mol. The van der Waals surface area contributed by atoms with Crippen molar-refractivity contribution in [2.24, 2.45) is 5.10 Å². The van der Waals surface area contributed by atoms with Gasteiger partial charge in [-0.3, -0.25) is 10.2 Å². The van der Waals surface area contributed by atoms with Crippen LogP contribution in [0, 0.1) is 0 Å². The maximum atomic E-state index is 13.1. The van der Waals surface area contributed by atoms with Crippen molar-refractivity contribution in [1.29, 1.82) is 0 Å². The van der Waals surface area contributed by atoms with Crippen molar-refractivity contribution in [1.82, 2.24) is 4.98 Å². The number of anilines is 1. The number of ether oxygens (including phenoxy) is 2. The summed E-state index contributed by atoms with van der Waals surface area (Å²) in [6.45, 7) is 1.96. The van der Waals surface area contributed by atoms with Gasteiger partial charge < -0.3 is 9.47 Å². The molecule has 0 amide bonds. The molecule has 0 fully saturated rings. The largest absolute Gasteiger partial charge is 0.466 e. The fraction of sp³-hybridized carbons (Fsp3) is 0.312. The van der Waals surface area contributed by atoms with Gasteiger partial charge in [0.2, 0.25) is 5.13 Å². The third-order valence-corrected chi connectivity index (χ3v) is 3.76. The molecular weight excluding hydrogens is 390 g/mol. The minimum atomic E-state index is -4.62. The molecule has 1 aromatic carbocycles. The second-order valence-corrected chi connectivity index (χ2v) is 5.86. The number of carbonyl (C=O) groups excluding carboxylic acids is 1. The molecule has 2 aromatic rings. The highest BCUT2D eigenvalue weighted by atomic mass is 32.1. The Bertz CT molecular complexity index is 799. The number of hydrazone groups is 1. The molecule has 0 radical (unpaired) electrons. The number of halogens is 4. The molecule has 1 aromatic heterocycles. The molecule has 0 aliphatic carbocycles. The first-order valence-corrected chi connectivity index (χ1v) is 8.53. The van der Waals surface area contributed by atoms with Gasteiger partial charge in [0.25, 0.3) is 0 Å². The average molecular weight is 405 g/mol. The van der Waals surface area contributed by atoms with Crippen molar-refractivity contribution in [3.05, 3.63) is 40.9 Å². The summed E-state index contributed by atoms with van der Waals surface area (Å²) < 4.78 is 59.6. The van der Waals surface area contributed by atoms with E-state index in [-0.39, 0.29) is 18.6 Å². The van der Waals surface area contributed by atoms with Gasteiger partial charge in [0.1, 0.15) is 5.75 Å². The molecule has 0 bridgehead atoms. The number of rotatable bonds is 9. The van der Waals surface area contributed by atoms with Gasteiger partial charge in [-0.05, 0) is 19.1 Å². The molecule has 11 heteroatoms. The van der Waals surface area contributed by atoms with Crippen LogP contribution in [0.5, 0.6) is 5.75 Å². The van der Waals surface area contributed by atoms with Crippen molar-refractivity contribution in [2.45, 2.75) is 25.9 Å². The maximum absolute atomic E-state index is 13.1. The Balaban J connectivity index is 2.01. The first-order chi connectivity index (χ1) is 12.8. The highest BCUT2D eigenvalue weighted by Crippen LogP contribution is 2.29. The van der Waals surface area contributed by atoms with E-state index in [0.29, 0.717) is 10.8 Å². The number of hydrogen-bond acceptors (Lipinski definition) is 7. The Hall–Kier alpha value is -2.69. The average Bonchev–Trinajstić information content (AvgIpc) is 3.03. The van der Waals surface area contributed by atoms with E-state index in [1.165, 1.54) is 29.5 Å². The predicted octanol–water partition coefficient (Wildman–Crippen LogP) is 3.93. The topological polar surface area (TPSA) is 72.8 Å². The van der Waals surface area contributed by atoms with Gasteiger partial charge in [-0.25, -0.2) is 4.98 Å². The Morgan fingerprint density at radius 3 is 2.85 bits per heavy atom. The Morgan fingerprint density at radius 1 is 1.41 bits per heavy atom. The second-order valence-electron chi connectivity index (χ2n) is 5.00. The molecule has 0 atom stereocenters. The smallest absolute Gasteiger partial charge is 0.461 e. The van der Waals surface area contributed by atoms with Gasteiger partial charge in [0.15, 0.2) is 0 Å². The van der Waals surface area contributed by atoms with Crippen LogP contribution in [0.3, 0.4) is 0 Å². The van der Waals surface area contributed by atoms with Crippen LogP contribution >= 0.6 is 11.3 Å². The summed E-state index contributed by atoms with van der Waals surface area (Å²) in [7, 11) is 0. The van der Waals surface area contributed by atoms with E-state index in [2.05, 4.69) is 20.2 Å². The molecule has 1 heterocycles. The number of benzene rings is 1. The van der Waals surface area contributed by atoms with Crippen LogP contribution in [0.4, 0.5) is 22.7 Å². The summed E-state index contributed by atoms with van der Waals surface area (Å²) in [6.07, 6.45) is -7.44. The number of alkyl halides is 4. The molecule has 0 saturated carbocycles. The van der Waals surface area contributed by atoms with Crippen molar-refractivity contribution in [3.8, 4) is 5.75 Å². The molecule has 2 rings (SSSR count). The number of para-hydroxylation sites is 1. The number of nitrogens with one attached hydrogen (secondary N) is 1. The number of carbonyl (C=O) groups is 1. The third-order valence-electron chi connectivity index (χ3n) is 2.97. The number of hydrogen-bond donors (Lipinski definition) is 1. The normalized spacial score (nSPS) is 11.8. The minimum Gasteiger partial charge on any atom is -0.466 e. The standard InChI is InChI=1S/C16H15F4N3O3S/c1-2-25-13(24)7-11-9-27-15(22-11)23-21-8-10-5-3-4-6-12(10)26-16(19,20)14(17)18/h3-6,8-9,14H,2,7H2,1H3,(H,22,23). The fourth-order valence-electron chi connectivity index (χ4n) is 1.83. The lowest BCUT2D eigenvalue weighted by atomic mass is 10.2. The third kappa shape index (κ3) is 6.20. The number of thiazole rings is 1. The second kappa shape index (κ2) is 9.31. The lowest BCUT2D eigenvalue weighted by Gasteiger charge is -2.17. The van der Waals surface area contributed by atoms with Gasteiger partial charge in [-0.2, -0.15) is 22.7 Å². The summed E-state index contributed by atoms with van der Waals surface area (Å²) in [5, 5.41) is 5.80. The lowest BCUT2D eigenvalue weighted by molar-refractivity contribution is -0.253. The van der Waals surface area contributed by atoms with Crippen LogP contribution in [-0.2, 0) is 16.0 Å². The maximum Gasteiger partial charge on any atom is 0.461 e. The zero-order chi connectivity index (χ0) is 19.9.